The summed E-state index contributed by atoms with van der Waals surface area (Å²) in [7, 11) is 0. The molecule has 2 aromatic carbocycles. The van der Waals surface area contributed by atoms with E-state index in [4.69, 9.17) is 9.47 Å². The fraction of sp³-hybridized carbons (Fsp3) is 0.150. The minimum atomic E-state index is -0.0638. The van der Waals surface area contributed by atoms with Crippen molar-refractivity contribution in [3.05, 3.63) is 66.0 Å². The van der Waals surface area contributed by atoms with E-state index in [9.17, 15) is 4.79 Å². The van der Waals surface area contributed by atoms with Crippen LogP contribution in [0.15, 0.2) is 70.3 Å². The van der Waals surface area contributed by atoms with Crippen molar-refractivity contribution in [2.24, 2.45) is 0 Å². The number of carbonyl (C=O) groups excluding carboxylic acids is 1. The highest BCUT2D eigenvalue weighted by Crippen LogP contribution is 2.31. The van der Waals surface area contributed by atoms with E-state index in [0.29, 0.717) is 29.5 Å². The van der Waals surface area contributed by atoms with Crippen LogP contribution in [0, 0.1) is 0 Å². The monoisotopic (exact) mass is 385 g/mol. The van der Waals surface area contributed by atoms with Gasteiger partial charge in [-0.3, -0.25) is 4.79 Å². The van der Waals surface area contributed by atoms with E-state index in [0.717, 1.165) is 9.96 Å². The summed E-state index contributed by atoms with van der Waals surface area (Å²) in [5.74, 6) is 2.38. The van der Waals surface area contributed by atoms with Crippen LogP contribution in [0.2, 0.25) is 0 Å². The minimum absolute atomic E-state index is 0.0638. The van der Waals surface area contributed by atoms with Gasteiger partial charge in [0.15, 0.2) is 5.75 Å². The number of para-hydroxylation sites is 2. The molecular formula is C20H19NO3S2. The predicted molar refractivity (Wildman–Crippen MR) is 108 cm³/mol. The lowest BCUT2D eigenvalue weighted by molar-refractivity contribution is -0.113. The molecule has 0 fully saturated rings. The summed E-state index contributed by atoms with van der Waals surface area (Å²) in [5, 5.41) is 4.92. The zero-order valence-corrected chi connectivity index (χ0v) is 15.9. The van der Waals surface area contributed by atoms with Crippen LogP contribution in [0.4, 0.5) is 5.69 Å². The topological polar surface area (TPSA) is 47.6 Å². The number of rotatable bonds is 8. The van der Waals surface area contributed by atoms with Gasteiger partial charge in [0.2, 0.25) is 5.91 Å². The zero-order chi connectivity index (χ0) is 18.2. The van der Waals surface area contributed by atoms with Gasteiger partial charge in [0.1, 0.15) is 11.5 Å². The molecule has 1 heterocycles. The Hall–Kier alpha value is -2.44. The molecule has 0 aliphatic carbocycles. The molecule has 0 unspecified atom stereocenters. The molecule has 4 nitrogen and oxygen atoms in total. The normalized spacial score (nSPS) is 10.3. The summed E-state index contributed by atoms with van der Waals surface area (Å²) in [6, 6.07) is 18.8. The van der Waals surface area contributed by atoms with E-state index in [1.165, 1.54) is 11.8 Å². The van der Waals surface area contributed by atoms with E-state index in [-0.39, 0.29) is 5.91 Å². The second-order valence-electron chi connectivity index (χ2n) is 5.27. The Bertz CT molecular complexity index is 833. The Morgan fingerprint density at radius 1 is 1.04 bits per heavy atom. The van der Waals surface area contributed by atoms with Crippen molar-refractivity contribution < 1.29 is 14.3 Å². The Morgan fingerprint density at radius 3 is 2.54 bits per heavy atom. The molecule has 6 heteroatoms. The number of thioether (sulfide) groups is 1. The molecule has 1 aromatic heterocycles. The smallest absolute Gasteiger partial charge is 0.234 e. The van der Waals surface area contributed by atoms with Gasteiger partial charge >= 0.3 is 0 Å². The summed E-state index contributed by atoms with van der Waals surface area (Å²) in [6.07, 6.45) is 0. The first-order valence-corrected chi connectivity index (χ1v) is 10.1. The standard InChI is InChI=1S/C20H19NO3S2/c1-2-23-15-9-11-16(12-10-15)24-18-7-4-3-6-17(18)21-19(22)14-26-20-8-5-13-25-20/h3-13H,2,14H2,1H3,(H,21,22). The van der Waals surface area contributed by atoms with Gasteiger partial charge in [-0.1, -0.05) is 18.2 Å². The average Bonchev–Trinajstić information content (AvgIpc) is 3.17. The fourth-order valence-electron chi connectivity index (χ4n) is 2.23. The summed E-state index contributed by atoms with van der Waals surface area (Å²) in [5.41, 5.74) is 0.651. The highest BCUT2D eigenvalue weighted by atomic mass is 32.2. The van der Waals surface area contributed by atoms with Crippen molar-refractivity contribution in [3.63, 3.8) is 0 Å². The molecule has 0 bridgehead atoms. The highest BCUT2D eigenvalue weighted by Gasteiger charge is 2.09. The van der Waals surface area contributed by atoms with Gasteiger partial charge < -0.3 is 14.8 Å². The van der Waals surface area contributed by atoms with Crippen LogP contribution in [0.3, 0.4) is 0 Å². The van der Waals surface area contributed by atoms with Crippen LogP contribution >= 0.6 is 23.1 Å². The molecule has 0 spiro atoms. The summed E-state index contributed by atoms with van der Waals surface area (Å²) < 4.78 is 12.5. The van der Waals surface area contributed by atoms with Crippen LogP contribution in [0.5, 0.6) is 17.2 Å². The molecule has 0 saturated heterocycles. The molecule has 0 atom stereocenters. The quantitative estimate of drug-likeness (QED) is 0.508. The van der Waals surface area contributed by atoms with E-state index < -0.39 is 0 Å². The van der Waals surface area contributed by atoms with Crippen molar-refractivity contribution in [2.75, 3.05) is 17.7 Å². The molecular weight excluding hydrogens is 366 g/mol. The lowest BCUT2D eigenvalue weighted by Gasteiger charge is -2.12. The lowest BCUT2D eigenvalue weighted by atomic mass is 10.2. The second kappa shape index (κ2) is 9.31. The Labute approximate surface area is 161 Å². The molecule has 0 aliphatic rings. The third-order valence-corrected chi connectivity index (χ3v) is 5.50. The van der Waals surface area contributed by atoms with Crippen LogP contribution in [-0.2, 0) is 4.79 Å². The highest BCUT2D eigenvalue weighted by molar-refractivity contribution is 8.01. The first-order valence-electron chi connectivity index (χ1n) is 8.20. The summed E-state index contributed by atoms with van der Waals surface area (Å²) in [6.45, 7) is 2.57. The number of carbonyl (C=O) groups is 1. The molecule has 0 aliphatic heterocycles. The molecule has 0 radical (unpaired) electrons. The van der Waals surface area contributed by atoms with E-state index in [2.05, 4.69) is 5.32 Å². The van der Waals surface area contributed by atoms with Gasteiger partial charge in [-0.05, 0) is 54.8 Å². The van der Waals surface area contributed by atoms with Gasteiger partial charge in [0.25, 0.3) is 0 Å². The SMILES string of the molecule is CCOc1ccc(Oc2ccccc2NC(=O)CSc2cccs2)cc1. The number of amides is 1. The van der Waals surface area contributed by atoms with Crippen molar-refractivity contribution in [1.29, 1.82) is 0 Å². The zero-order valence-electron chi connectivity index (χ0n) is 14.3. The molecule has 0 saturated carbocycles. The summed E-state index contributed by atoms with van der Waals surface area (Å²) in [4.78, 5) is 12.2. The van der Waals surface area contributed by atoms with Crippen LogP contribution < -0.4 is 14.8 Å². The van der Waals surface area contributed by atoms with E-state index in [1.54, 1.807) is 11.3 Å². The summed E-state index contributed by atoms with van der Waals surface area (Å²) >= 11 is 3.15. The number of nitrogens with one attached hydrogen (secondary N) is 1. The fourth-order valence-corrected chi connectivity index (χ4v) is 3.81. The molecule has 134 valence electrons. The third-order valence-electron chi connectivity index (χ3n) is 3.36. The Morgan fingerprint density at radius 2 is 1.81 bits per heavy atom. The van der Waals surface area contributed by atoms with Gasteiger partial charge in [0, 0.05) is 0 Å². The first kappa shape index (κ1) is 18.4. The maximum Gasteiger partial charge on any atom is 0.234 e. The van der Waals surface area contributed by atoms with Gasteiger partial charge in [0.05, 0.1) is 22.3 Å². The average molecular weight is 386 g/mol. The first-order chi connectivity index (χ1) is 12.7. The number of hydrogen-bond acceptors (Lipinski definition) is 5. The van der Waals surface area contributed by atoms with Crippen LogP contribution in [0.1, 0.15) is 6.92 Å². The largest absolute Gasteiger partial charge is 0.494 e. The minimum Gasteiger partial charge on any atom is -0.494 e. The Kier molecular flexibility index (Phi) is 6.57. The van der Waals surface area contributed by atoms with Crippen LogP contribution in [0.25, 0.3) is 0 Å². The number of hydrogen-bond donors (Lipinski definition) is 1. The number of benzene rings is 2. The van der Waals surface area contributed by atoms with Gasteiger partial charge in [-0.15, -0.1) is 23.1 Å². The maximum atomic E-state index is 12.2. The van der Waals surface area contributed by atoms with Gasteiger partial charge in [-0.2, -0.15) is 0 Å². The third kappa shape index (κ3) is 5.28. The number of ether oxygens (including phenoxy) is 2. The van der Waals surface area contributed by atoms with Crippen molar-refractivity contribution in [1.82, 2.24) is 0 Å². The van der Waals surface area contributed by atoms with Crippen molar-refractivity contribution in [3.8, 4) is 17.2 Å². The second-order valence-corrected chi connectivity index (χ2v) is 7.49. The molecule has 3 rings (SSSR count). The molecule has 3 aromatic rings. The molecule has 1 N–H and O–H groups in total. The van der Waals surface area contributed by atoms with Gasteiger partial charge in [-0.25, -0.2) is 0 Å². The molecule has 26 heavy (non-hydrogen) atoms. The van der Waals surface area contributed by atoms with Crippen LogP contribution in [-0.4, -0.2) is 18.3 Å². The Balaban J connectivity index is 1.62. The number of thiophene rings is 1. The number of anilines is 1. The van der Waals surface area contributed by atoms with Crippen molar-refractivity contribution in [2.45, 2.75) is 11.1 Å². The van der Waals surface area contributed by atoms with E-state index >= 15 is 0 Å². The maximum absolute atomic E-state index is 12.2. The van der Waals surface area contributed by atoms with E-state index in [1.807, 2.05) is 73.0 Å². The molecule has 1 amide bonds. The predicted octanol–water partition coefficient (Wildman–Crippen LogP) is 5.67. The van der Waals surface area contributed by atoms with Crippen molar-refractivity contribution >= 4 is 34.7 Å². The lowest BCUT2D eigenvalue weighted by Crippen LogP contribution is -2.14.